The van der Waals surface area contributed by atoms with Gasteiger partial charge in [-0.1, -0.05) is 32.4 Å². The highest BCUT2D eigenvalue weighted by Gasteiger charge is 2.29. The maximum atomic E-state index is 12.3. The highest BCUT2D eigenvalue weighted by atomic mass is 35.5. The van der Waals surface area contributed by atoms with Crippen LogP contribution in [0.15, 0.2) is 12.1 Å². The number of ether oxygens (including phenoxy) is 2. The van der Waals surface area contributed by atoms with E-state index in [1.54, 1.807) is 0 Å². The van der Waals surface area contributed by atoms with E-state index in [0.717, 1.165) is 44.0 Å². The molecule has 6 heteroatoms. The third kappa shape index (κ3) is 3.78. The summed E-state index contributed by atoms with van der Waals surface area (Å²) in [5.41, 5.74) is 0.797. The number of nitrogens with zero attached hydrogens (tertiary/aromatic N) is 2. The van der Waals surface area contributed by atoms with E-state index < -0.39 is 0 Å². The fourth-order valence-electron chi connectivity index (χ4n) is 3.10. The second-order valence-electron chi connectivity index (χ2n) is 7.42. The first-order valence-electron chi connectivity index (χ1n) is 8.44. The quantitative estimate of drug-likeness (QED) is 0.820. The predicted molar refractivity (Wildman–Crippen MR) is 93.8 cm³/mol. The molecule has 0 unspecified atom stereocenters. The zero-order valence-corrected chi connectivity index (χ0v) is 15.4. The predicted octanol–water partition coefficient (Wildman–Crippen LogP) is 2.80. The summed E-state index contributed by atoms with van der Waals surface area (Å²) in [4.78, 5) is 16.7. The van der Waals surface area contributed by atoms with Crippen LogP contribution in [-0.4, -0.2) is 55.1 Å². The summed E-state index contributed by atoms with van der Waals surface area (Å²) < 4.78 is 11.2. The largest absolute Gasteiger partial charge is 0.486 e. The van der Waals surface area contributed by atoms with Crippen LogP contribution >= 0.6 is 11.6 Å². The Morgan fingerprint density at radius 2 is 1.79 bits per heavy atom. The average molecular weight is 353 g/mol. The molecule has 1 saturated heterocycles. The number of hydrogen-bond acceptors (Lipinski definition) is 4. The van der Waals surface area contributed by atoms with Gasteiger partial charge in [-0.05, 0) is 17.7 Å². The topological polar surface area (TPSA) is 42.0 Å². The monoisotopic (exact) mass is 352 g/mol. The van der Waals surface area contributed by atoms with E-state index in [1.165, 1.54) is 0 Å². The Hall–Kier alpha value is -1.46. The molecule has 0 aromatic heterocycles. The average Bonchev–Trinajstić information content (AvgIpc) is 2.54. The van der Waals surface area contributed by atoms with Gasteiger partial charge in [-0.3, -0.25) is 9.69 Å². The molecule has 132 valence electrons. The first kappa shape index (κ1) is 17.4. The smallest absolute Gasteiger partial charge is 0.228 e. The lowest BCUT2D eigenvalue weighted by molar-refractivity contribution is -0.141. The molecule has 0 aliphatic carbocycles. The second kappa shape index (κ2) is 6.81. The van der Waals surface area contributed by atoms with Crippen molar-refractivity contribution < 1.29 is 14.3 Å². The number of benzene rings is 1. The lowest BCUT2D eigenvalue weighted by Gasteiger charge is -2.37. The molecule has 0 atom stereocenters. The Morgan fingerprint density at radius 1 is 1.12 bits per heavy atom. The van der Waals surface area contributed by atoms with E-state index in [9.17, 15) is 4.79 Å². The Morgan fingerprint density at radius 3 is 2.46 bits per heavy atom. The van der Waals surface area contributed by atoms with Crippen LogP contribution in [0.1, 0.15) is 26.3 Å². The van der Waals surface area contributed by atoms with Crippen molar-refractivity contribution in [2.24, 2.45) is 5.41 Å². The van der Waals surface area contributed by atoms with E-state index in [2.05, 4.69) is 4.90 Å². The van der Waals surface area contributed by atoms with Crippen molar-refractivity contribution in [3.8, 4) is 11.5 Å². The molecule has 0 bridgehead atoms. The maximum Gasteiger partial charge on any atom is 0.228 e. The van der Waals surface area contributed by atoms with Crippen LogP contribution in [0.2, 0.25) is 5.02 Å². The normalized spacial score (nSPS) is 18.6. The summed E-state index contributed by atoms with van der Waals surface area (Å²) >= 11 is 6.30. The molecule has 1 aromatic carbocycles. The van der Waals surface area contributed by atoms with Gasteiger partial charge >= 0.3 is 0 Å². The summed E-state index contributed by atoms with van der Waals surface area (Å²) in [7, 11) is 0. The molecular weight excluding hydrogens is 328 g/mol. The fraction of sp³-hybridized carbons (Fsp3) is 0.611. The summed E-state index contributed by atoms with van der Waals surface area (Å²) in [5.74, 6) is 1.60. The van der Waals surface area contributed by atoms with Crippen molar-refractivity contribution in [1.82, 2.24) is 9.80 Å². The van der Waals surface area contributed by atoms with Crippen LogP contribution in [-0.2, 0) is 11.3 Å². The van der Waals surface area contributed by atoms with Gasteiger partial charge in [-0.15, -0.1) is 0 Å². The van der Waals surface area contributed by atoms with Gasteiger partial charge < -0.3 is 14.4 Å². The molecule has 0 saturated carbocycles. The Balaban J connectivity index is 1.61. The van der Waals surface area contributed by atoms with Gasteiger partial charge in [0.15, 0.2) is 11.5 Å². The number of halogens is 1. The van der Waals surface area contributed by atoms with Crippen LogP contribution in [0.5, 0.6) is 11.5 Å². The van der Waals surface area contributed by atoms with E-state index in [-0.39, 0.29) is 11.3 Å². The molecule has 0 spiro atoms. The maximum absolute atomic E-state index is 12.3. The van der Waals surface area contributed by atoms with Crippen molar-refractivity contribution in [3.63, 3.8) is 0 Å². The zero-order valence-electron chi connectivity index (χ0n) is 14.6. The summed E-state index contributed by atoms with van der Waals surface area (Å²) in [6, 6.07) is 3.95. The molecular formula is C18H25ClN2O3. The van der Waals surface area contributed by atoms with Gasteiger partial charge in [0.2, 0.25) is 5.91 Å². The van der Waals surface area contributed by atoms with Gasteiger partial charge in [-0.2, -0.15) is 0 Å². The number of carbonyl (C=O) groups excluding carboxylic acids is 1. The van der Waals surface area contributed by atoms with Crippen LogP contribution < -0.4 is 9.47 Å². The SMILES string of the molecule is CC(C)(C)C(=O)N1CCN(Cc2cc(Cl)c3c(c2)OCCO3)CC1. The lowest BCUT2D eigenvalue weighted by atomic mass is 9.94. The molecule has 1 aromatic rings. The van der Waals surface area contributed by atoms with Crippen molar-refractivity contribution >= 4 is 17.5 Å². The van der Waals surface area contributed by atoms with E-state index >= 15 is 0 Å². The van der Waals surface area contributed by atoms with Crippen molar-refractivity contribution in [2.75, 3.05) is 39.4 Å². The first-order chi connectivity index (χ1) is 11.3. The molecule has 0 radical (unpaired) electrons. The third-order valence-corrected chi connectivity index (χ3v) is 4.64. The standard InChI is InChI=1S/C18H25ClN2O3/c1-18(2,3)17(22)21-6-4-20(5-7-21)12-13-10-14(19)16-15(11-13)23-8-9-24-16/h10-11H,4-9,12H2,1-3H3. The van der Waals surface area contributed by atoms with Crippen molar-refractivity contribution in [1.29, 1.82) is 0 Å². The Labute approximate surface area is 148 Å². The minimum atomic E-state index is -0.314. The van der Waals surface area contributed by atoms with E-state index in [1.807, 2.05) is 37.8 Å². The van der Waals surface area contributed by atoms with Crippen molar-refractivity contribution in [2.45, 2.75) is 27.3 Å². The van der Waals surface area contributed by atoms with Gasteiger partial charge in [0.25, 0.3) is 0 Å². The molecule has 3 rings (SSSR count). The van der Waals surface area contributed by atoms with E-state index in [0.29, 0.717) is 24.0 Å². The molecule has 1 fully saturated rings. The highest BCUT2D eigenvalue weighted by molar-refractivity contribution is 6.32. The van der Waals surface area contributed by atoms with E-state index in [4.69, 9.17) is 21.1 Å². The molecule has 0 N–H and O–H groups in total. The number of piperazine rings is 1. The van der Waals surface area contributed by atoms with Crippen molar-refractivity contribution in [3.05, 3.63) is 22.7 Å². The first-order valence-corrected chi connectivity index (χ1v) is 8.82. The summed E-state index contributed by atoms with van der Waals surface area (Å²) in [6.45, 7) is 11.1. The van der Waals surface area contributed by atoms with Crippen LogP contribution in [0.25, 0.3) is 0 Å². The highest BCUT2D eigenvalue weighted by Crippen LogP contribution is 2.38. The Bertz CT molecular complexity index is 619. The lowest BCUT2D eigenvalue weighted by Crippen LogP contribution is -2.51. The molecule has 2 aliphatic rings. The van der Waals surface area contributed by atoms with Crippen LogP contribution in [0.3, 0.4) is 0 Å². The van der Waals surface area contributed by atoms with Crippen LogP contribution in [0.4, 0.5) is 0 Å². The second-order valence-corrected chi connectivity index (χ2v) is 7.83. The molecule has 5 nitrogen and oxygen atoms in total. The number of fused-ring (bicyclic) bond motifs is 1. The van der Waals surface area contributed by atoms with Crippen LogP contribution in [0, 0.1) is 5.41 Å². The fourth-order valence-corrected chi connectivity index (χ4v) is 3.38. The van der Waals surface area contributed by atoms with Gasteiger partial charge in [0, 0.05) is 38.1 Å². The number of rotatable bonds is 2. The number of carbonyl (C=O) groups is 1. The third-order valence-electron chi connectivity index (χ3n) is 4.36. The summed E-state index contributed by atoms with van der Waals surface area (Å²) in [6.07, 6.45) is 0. The Kier molecular flexibility index (Phi) is 4.92. The minimum Gasteiger partial charge on any atom is -0.486 e. The molecule has 2 heterocycles. The minimum absolute atomic E-state index is 0.226. The van der Waals surface area contributed by atoms with Gasteiger partial charge in [0.05, 0.1) is 5.02 Å². The summed E-state index contributed by atoms with van der Waals surface area (Å²) in [5, 5.41) is 0.601. The molecule has 2 aliphatic heterocycles. The number of amides is 1. The van der Waals surface area contributed by atoms with Gasteiger partial charge in [0.1, 0.15) is 13.2 Å². The van der Waals surface area contributed by atoms with Gasteiger partial charge in [-0.25, -0.2) is 0 Å². The molecule has 1 amide bonds. The zero-order chi connectivity index (χ0) is 17.3. The number of hydrogen-bond donors (Lipinski definition) is 0. The molecule has 24 heavy (non-hydrogen) atoms.